The van der Waals surface area contributed by atoms with Crippen LogP contribution in [0, 0.1) is 5.92 Å². The largest absolute Gasteiger partial charge is 0.243 e. The molecule has 0 aromatic heterocycles. The van der Waals surface area contributed by atoms with Crippen LogP contribution < -0.4 is 0 Å². The monoisotopic (exact) mass is 385 g/mol. The van der Waals surface area contributed by atoms with Gasteiger partial charge in [0.2, 0.25) is 10.0 Å². The highest BCUT2D eigenvalue weighted by Crippen LogP contribution is 2.29. The molecule has 3 nitrogen and oxygen atoms in total. The molecular formula is C12H14BrCl2NO2S. The van der Waals surface area contributed by atoms with Gasteiger partial charge in [0.25, 0.3) is 0 Å². The lowest BCUT2D eigenvalue weighted by molar-refractivity contribution is 0.454. The van der Waals surface area contributed by atoms with E-state index in [1.807, 2.05) is 0 Å². The Morgan fingerprint density at radius 3 is 2.47 bits per heavy atom. The molecule has 1 saturated heterocycles. The number of sulfonamides is 1. The van der Waals surface area contributed by atoms with Gasteiger partial charge in [-0.3, -0.25) is 0 Å². The quantitative estimate of drug-likeness (QED) is 0.738. The minimum atomic E-state index is -3.49. The first-order valence-electron chi connectivity index (χ1n) is 5.95. The Morgan fingerprint density at radius 1 is 1.26 bits per heavy atom. The lowest BCUT2D eigenvalue weighted by Gasteiger charge is -2.17. The Balaban J connectivity index is 2.23. The molecule has 0 aliphatic carbocycles. The van der Waals surface area contributed by atoms with Crippen LogP contribution in [-0.4, -0.2) is 31.1 Å². The van der Waals surface area contributed by atoms with Crippen LogP contribution in [0.25, 0.3) is 0 Å². The molecule has 1 aromatic carbocycles. The first kappa shape index (κ1) is 15.6. The Labute approximate surface area is 132 Å². The van der Waals surface area contributed by atoms with Crippen molar-refractivity contribution in [1.82, 2.24) is 4.31 Å². The van der Waals surface area contributed by atoms with Crippen molar-refractivity contribution >= 4 is 49.2 Å². The molecular weight excluding hydrogens is 373 g/mol. The molecule has 1 fully saturated rings. The van der Waals surface area contributed by atoms with Crippen LogP contribution in [0.4, 0.5) is 0 Å². The van der Waals surface area contributed by atoms with Crippen molar-refractivity contribution in [3.63, 3.8) is 0 Å². The summed E-state index contributed by atoms with van der Waals surface area (Å²) in [5, 5.41) is 1.57. The Morgan fingerprint density at radius 2 is 1.89 bits per heavy atom. The summed E-state index contributed by atoms with van der Waals surface area (Å²) in [7, 11) is -3.49. The van der Waals surface area contributed by atoms with Crippen molar-refractivity contribution < 1.29 is 8.42 Å². The van der Waals surface area contributed by atoms with Gasteiger partial charge in [-0.25, -0.2) is 8.42 Å². The van der Waals surface area contributed by atoms with E-state index < -0.39 is 10.0 Å². The molecule has 1 aromatic rings. The summed E-state index contributed by atoms with van der Waals surface area (Å²) in [5.74, 6) is 0.420. The van der Waals surface area contributed by atoms with Crippen molar-refractivity contribution in [2.75, 3.05) is 18.4 Å². The Hall–Kier alpha value is 0.190. The summed E-state index contributed by atoms with van der Waals surface area (Å²) in [6.07, 6.45) is 1.89. The van der Waals surface area contributed by atoms with Gasteiger partial charge in [-0.15, -0.1) is 0 Å². The minimum Gasteiger partial charge on any atom is -0.207 e. The normalized spacial score (nSPS) is 20.9. The van der Waals surface area contributed by atoms with Gasteiger partial charge in [0.15, 0.2) is 0 Å². The fraction of sp³-hybridized carbons (Fsp3) is 0.500. The van der Waals surface area contributed by atoms with Crippen molar-refractivity contribution in [3.8, 4) is 0 Å². The van der Waals surface area contributed by atoms with E-state index in [9.17, 15) is 8.42 Å². The average molecular weight is 387 g/mol. The molecule has 1 atom stereocenters. The van der Waals surface area contributed by atoms with Crippen LogP contribution in [0.2, 0.25) is 10.0 Å². The van der Waals surface area contributed by atoms with Crippen LogP contribution >= 0.6 is 39.1 Å². The fourth-order valence-electron chi connectivity index (χ4n) is 2.23. The summed E-state index contributed by atoms with van der Waals surface area (Å²) in [6.45, 7) is 1.13. The van der Waals surface area contributed by atoms with Gasteiger partial charge >= 0.3 is 0 Å². The molecule has 1 heterocycles. The molecule has 106 valence electrons. The van der Waals surface area contributed by atoms with Gasteiger partial charge in [0.05, 0.1) is 4.90 Å². The SMILES string of the molecule is O=S(=O)(c1cc(Cl)cc(Cl)c1)N1CCC(CCBr)C1. The van der Waals surface area contributed by atoms with Gasteiger partial charge in [0.1, 0.15) is 0 Å². The van der Waals surface area contributed by atoms with E-state index in [2.05, 4.69) is 15.9 Å². The van der Waals surface area contributed by atoms with Crippen LogP contribution in [0.3, 0.4) is 0 Å². The molecule has 2 rings (SSSR count). The lowest BCUT2D eigenvalue weighted by Crippen LogP contribution is -2.29. The van der Waals surface area contributed by atoms with Gasteiger partial charge in [-0.2, -0.15) is 4.31 Å². The second kappa shape index (κ2) is 6.31. The summed E-state index contributed by atoms with van der Waals surface area (Å²) in [4.78, 5) is 0.171. The lowest BCUT2D eigenvalue weighted by atomic mass is 10.1. The molecule has 0 spiro atoms. The molecule has 7 heteroatoms. The zero-order valence-electron chi connectivity index (χ0n) is 10.2. The van der Waals surface area contributed by atoms with Crippen LogP contribution in [0.5, 0.6) is 0 Å². The molecule has 0 amide bonds. The molecule has 1 aliphatic rings. The Kier molecular flexibility index (Phi) is 5.17. The number of halogens is 3. The highest BCUT2D eigenvalue weighted by atomic mass is 79.9. The second-order valence-electron chi connectivity index (χ2n) is 4.60. The smallest absolute Gasteiger partial charge is 0.207 e. The maximum atomic E-state index is 12.5. The summed E-state index contributed by atoms with van der Waals surface area (Å²) in [5.41, 5.74) is 0. The third-order valence-corrected chi connectivity index (χ3v) is 5.98. The summed E-state index contributed by atoms with van der Waals surface area (Å²) >= 11 is 15.1. The second-order valence-corrected chi connectivity index (χ2v) is 8.20. The molecule has 0 saturated carbocycles. The van der Waals surface area contributed by atoms with Crippen LogP contribution in [0.15, 0.2) is 23.1 Å². The highest BCUT2D eigenvalue weighted by molar-refractivity contribution is 9.09. The molecule has 0 radical (unpaired) electrons. The van der Waals surface area contributed by atoms with E-state index in [1.165, 1.54) is 22.5 Å². The van der Waals surface area contributed by atoms with Gasteiger partial charge in [0, 0.05) is 28.5 Å². The predicted octanol–water partition coefficient (Wildman–Crippen LogP) is 3.79. The molecule has 19 heavy (non-hydrogen) atoms. The van der Waals surface area contributed by atoms with Gasteiger partial charge in [-0.1, -0.05) is 39.1 Å². The molecule has 1 aliphatic heterocycles. The number of alkyl halides is 1. The first-order chi connectivity index (χ1) is 8.93. The van der Waals surface area contributed by atoms with E-state index in [0.717, 1.165) is 18.2 Å². The predicted molar refractivity (Wildman–Crippen MR) is 81.7 cm³/mol. The van der Waals surface area contributed by atoms with Gasteiger partial charge < -0.3 is 0 Å². The maximum absolute atomic E-state index is 12.5. The fourth-order valence-corrected chi connectivity index (χ4v) is 5.14. The minimum absolute atomic E-state index is 0.171. The van der Waals surface area contributed by atoms with Crippen molar-refractivity contribution in [2.24, 2.45) is 5.92 Å². The number of rotatable bonds is 4. The van der Waals surface area contributed by atoms with E-state index in [1.54, 1.807) is 0 Å². The zero-order valence-corrected chi connectivity index (χ0v) is 14.1. The number of hydrogen-bond donors (Lipinski definition) is 0. The molecule has 0 N–H and O–H groups in total. The van der Waals surface area contributed by atoms with Crippen molar-refractivity contribution in [2.45, 2.75) is 17.7 Å². The first-order valence-corrected chi connectivity index (χ1v) is 9.27. The van der Waals surface area contributed by atoms with E-state index >= 15 is 0 Å². The van der Waals surface area contributed by atoms with Crippen molar-refractivity contribution in [1.29, 1.82) is 0 Å². The van der Waals surface area contributed by atoms with Crippen molar-refractivity contribution in [3.05, 3.63) is 28.2 Å². The Bertz CT molecular complexity index is 545. The highest BCUT2D eigenvalue weighted by Gasteiger charge is 2.32. The third-order valence-electron chi connectivity index (χ3n) is 3.24. The third kappa shape index (κ3) is 3.64. The topological polar surface area (TPSA) is 37.4 Å². The average Bonchev–Trinajstić information content (AvgIpc) is 2.77. The molecule has 1 unspecified atom stereocenters. The standard InChI is InChI=1S/C12H14BrCl2NO2S/c13-3-1-9-2-4-16(8-9)19(17,18)12-6-10(14)5-11(15)7-12/h5-7,9H,1-4,8H2. The maximum Gasteiger partial charge on any atom is 0.243 e. The number of nitrogens with zero attached hydrogens (tertiary/aromatic N) is 1. The number of hydrogen-bond acceptors (Lipinski definition) is 2. The van der Waals surface area contributed by atoms with Crippen LogP contribution in [-0.2, 0) is 10.0 Å². The van der Waals surface area contributed by atoms with E-state index in [4.69, 9.17) is 23.2 Å². The summed E-state index contributed by atoms with van der Waals surface area (Å²) in [6, 6.07) is 4.42. The molecule has 0 bridgehead atoms. The van der Waals surface area contributed by atoms with E-state index in [0.29, 0.717) is 29.1 Å². The zero-order chi connectivity index (χ0) is 14.0. The van der Waals surface area contributed by atoms with Gasteiger partial charge in [-0.05, 0) is 37.0 Å². The van der Waals surface area contributed by atoms with Crippen LogP contribution in [0.1, 0.15) is 12.8 Å². The summed E-state index contributed by atoms with van der Waals surface area (Å²) < 4.78 is 26.5. The number of benzene rings is 1. The van der Waals surface area contributed by atoms with E-state index in [-0.39, 0.29) is 4.90 Å².